The first kappa shape index (κ1) is 15.3. The van der Waals surface area contributed by atoms with Crippen molar-refractivity contribution in [3.05, 3.63) is 33.7 Å². The molecule has 106 valence electrons. The van der Waals surface area contributed by atoms with Crippen LogP contribution in [0.4, 0.5) is 13.2 Å². The number of aromatic amines is 1. The van der Waals surface area contributed by atoms with Gasteiger partial charge in [-0.3, -0.25) is 9.59 Å². The summed E-state index contributed by atoms with van der Waals surface area (Å²) in [5, 5.41) is 2.56. The number of rotatable bonds is 4. The lowest BCUT2D eigenvalue weighted by Gasteiger charge is -2.12. The number of hydrogen-bond donors (Lipinski definition) is 2. The Labute approximate surface area is 108 Å². The second-order valence-corrected chi connectivity index (χ2v) is 4.28. The Balaban J connectivity index is 2.91. The largest absolute Gasteiger partial charge is 0.431 e. The minimum atomic E-state index is -4.64. The van der Waals surface area contributed by atoms with Gasteiger partial charge >= 0.3 is 6.18 Å². The second kappa shape index (κ2) is 5.90. The molecule has 0 unspecified atom stereocenters. The van der Waals surface area contributed by atoms with Crippen LogP contribution in [0.2, 0.25) is 0 Å². The molecule has 0 aliphatic carbocycles. The van der Waals surface area contributed by atoms with E-state index in [1.807, 2.05) is 6.92 Å². The van der Waals surface area contributed by atoms with E-state index < -0.39 is 23.3 Å². The highest BCUT2D eigenvalue weighted by molar-refractivity contribution is 5.93. The molecule has 0 fully saturated rings. The summed E-state index contributed by atoms with van der Waals surface area (Å²) >= 11 is 0. The molecule has 1 heterocycles. The highest BCUT2D eigenvalue weighted by Gasteiger charge is 2.32. The molecule has 0 saturated carbocycles. The summed E-state index contributed by atoms with van der Waals surface area (Å²) in [6.07, 6.45) is -3.06. The summed E-state index contributed by atoms with van der Waals surface area (Å²) in [7, 11) is 0. The van der Waals surface area contributed by atoms with Crippen molar-refractivity contribution in [3.63, 3.8) is 0 Å². The lowest BCUT2D eigenvalue weighted by atomic mass is 10.1. The van der Waals surface area contributed by atoms with Gasteiger partial charge in [-0.2, -0.15) is 13.2 Å². The number of carbonyl (C=O) groups excluding carboxylic acids is 1. The molecule has 0 radical (unpaired) electrons. The highest BCUT2D eigenvalue weighted by atomic mass is 19.4. The third-order valence-corrected chi connectivity index (χ3v) is 2.56. The van der Waals surface area contributed by atoms with Gasteiger partial charge in [0.25, 0.3) is 11.5 Å². The van der Waals surface area contributed by atoms with Crippen LogP contribution in [0.5, 0.6) is 0 Å². The summed E-state index contributed by atoms with van der Waals surface area (Å²) in [6.45, 7) is 3.70. The fourth-order valence-electron chi connectivity index (χ4n) is 1.62. The number of H-pyrrole nitrogens is 1. The lowest BCUT2D eigenvalue weighted by molar-refractivity contribution is -0.141. The van der Waals surface area contributed by atoms with Crippen LogP contribution in [-0.4, -0.2) is 16.9 Å². The van der Waals surface area contributed by atoms with Gasteiger partial charge in [0, 0.05) is 6.04 Å². The molecule has 7 heteroatoms. The van der Waals surface area contributed by atoms with E-state index in [4.69, 9.17) is 0 Å². The van der Waals surface area contributed by atoms with Crippen molar-refractivity contribution in [2.24, 2.45) is 0 Å². The van der Waals surface area contributed by atoms with E-state index in [1.165, 1.54) is 0 Å². The Kier molecular flexibility index (Phi) is 4.74. The van der Waals surface area contributed by atoms with Gasteiger partial charge in [-0.05, 0) is 25.5 Å². The molecule has 19 heavy (non-hydrogen) atoms. The molecule has 0 aromatic carbocycles. The number of aromatic nitrogens is 1. The van der Waals surface area contributed by atoms with Crippen molar-refractivity contribution in [2.75, 3.05) is 0 Å². The molecule has 0 spiro atoms. The summed E-state index contributed by atoms with van der Waals surface area (Å²) in [5.41, 5.74) is -2.54. The van der Waals surface area contributed by atoms with Crippen LogP contribution in [0.1, 0.15) is 42.7 Å². The quantitative estimate of drug-likeness (QED) is 0.886. The SMILES string of the molecule is CCC[C@H](C)NC(=O)c1ccc(C(F)(F)F)[nH]c1=O. The van der Waals surface area contributed by atoms with Gasteiger partial charge in [0.2, 0.25) is 0 Å². The average Bonchev–Trinajstić information content (AvgIpc) is 2.27. The normalized spacial score (nSPS) is 13.1. The van der Waals surface area contributed by atoms with E-state index in [2.05, 4.69) is 5.32 Å². The molecule has 1 atom stereocenters. The molecule has 0 saturated heterocycles. The molecule has 4 nitrogen and oxygen atoms in total. The maximum atomic E-state index is 12.3. The first-order chi connectivity index (χ1) is 8.75. The van der Waals surface area contributed by atoms with E-state index >= 15 is 0 Å². The topological polar surface area (TPSA) is 62.0 Å². The Morgan fingerprint density at radius 3 is 2.53 bits per heavy atom. The number of pyridine rings is 1. The third-order valence-electron chi connectivity index (χ3n) is 2.56. The first-order valence-corrected chi connectivity index (χ1v) is 5.87. The van der Waals surface area contributed by atoms with Gasteiger partial charge in [-0.1, -0.05) is 13.3 Å². The molecular formula is C12H15F3N2O2. The second-order valence-electron chi connectivity index (χ2n) is 4.28. The third kappa shape index (κ3) is 4.11. The molecule has 1 amide bonds. The summed E-state index contributed by atoms with van der Waals surface area (Å²) in [6, 6.07) is 1.43. The van der Waals surface area contributed by atoms with Crippen LogP contribution in [-0.2, 0) is 6.18 Å². The number of nitrogens with one attached hydrogen (secondary N) is 2. The molecule has 0 bridgehead atoms. The van der Waals surface area contributed by atoms with Crippen molar-refractivity contribution in [1.29, 1.82) is 0 Å². The van der Waals surface area contributed by atoms with Crippen LogP contribution < -0.4 is 10.9 Å². The van der Waals surface area contributed by atoms with E-state index in [1.54, 1.807) is 11.9 Å². The minimum Gasteiger partial charge on any atom is -0.349 e. The molecule has 0 aliphatic rings. The van der Waals surface area contributed by atoms with Crippen molar-refractivity contribution in [3.8, 4) is 0 Å². The molecule has 2 N–H and O–H groups in total. The van der Waals surface area contributed by atoms with Gasteiger partial charge in [-0.15, -0.1) is 0 Å². The van der Waals surface area contributed by atoms with Gasteiger partial charge in [0.05, 0.1) is 0 Å². The monoisotopic (exact) mass is 276 g/mol. The Hall–Kier alpha value is -1.79. The van der Waals surface area contributed by atoms with Crippen LogP contribution in [0.25, 0.3) is 0 Å². The van der Waals surface area contributed by atoms with Crippen molar-refractivity contribution in [2.45, 2.75) is 38.9 Å². The highest BCUT2D eigenvalue weighted by Crippen LogP contribution is 2.26. The molecular weight excluding hydrogens is 261 g/mol. The van der Waals surface area contributed by atoms with Gasteiger partial charge < -0.3 is 10.3 Å². The summed E-state index contributed by atoms with van der Waals surface area (Å²) in [4.78, 5) is 24.8. The number of halogens is 3. The lowest BCUT2D eigenvalue weighted by Crippen LogP contribution is -2.36. The van der Waals surface area contributed by atoms with E-state index in [-0.39, 0.29) is 11.6 Å². The van der Waals surface area contributed by atoms with Gasteiger partial charge in [-0.25, -0.2) is 0 Å². The maximum absolute atomic E-state index is 12.3. The van der Waals surface area contributed by atoms with Crippen LogP contribution in [0.3, 0.4) is 0 Å². The maximum Gasteiger partial charge on any atom is 0.431 e. The number of hydrogen-bond acceptors (Lipinski definition) is 2. The fraction of sp³-hybridized carbons (Fsp3) is 0.500. The first-order valence-electron chi connectivity index (χ1n) is 5.87. The molecule has 1 aromatic rings. The predicted molar refractivity (Wildman–Crippen MR) is 63.9 cm³/mol. The standard InChI is InChI=1S/C12H15F3N2O2/c1-3-4-7(2)16-10(18)8-5-6-9(12(13,14)15)17-11(8)19/h5-7H,3-4H2,1-2H3,(H,16,18)(H,17,19)/t7-/m0/s1. The average molecular weight is 276 g/mol. The Bertz CT molecular complexity index is 508. The van der Waals surface area contributed by atoms with Gasteiger partial charge in [0.15, 0.2) is 0 Å². The van der Waals surface area contributed by atoms with Crippen molar-refractivity contribution < 1.29 is 18.0 Å². The van der Waals surface area contributed by atoms with E-state index in [0.29, 0.717) is 6.07 Å². The number of carbonyl (C=O) groups is 1. The fourth-order valence-corrected chi connectivity index (χ4v) is 1.62. The van der Waals surface area contributed by atoms with Gasteiger partial charge in [0.1, 0.15) is 11.3 Å². The van der Waals surface area contributed by atoms with Crippen LogP contribution >= 0.6 is 0 Å². The zero-order valence-corrected chi connectivity index (χ0v) is 10.6. The molecule has 1 rings (SSSR count). The Morgan fingerprint density at radius 1 is 1.42 bits per heavy atom. The minimum absolute atomic E-state index is 0.140. The zero-order chi connectivity index (χ0) is 14.6. The predicted octanol–water partition coefficient (Wildman–Crippen LogP) is 2.31. The van der Waals surface area contributed by atoms with Crippen LogP contribution in [0.15, 0.2) is 16.9 Å². The van der Waals surface area contributed by atoms with E-state index in [9.17, 15) is 22.8 Å². The molecule has 1 aromatic heterocycles. The summed E-state index contributed by atoms with van der Waals surface area (Å²) in [5.74, 6) is -0.670. The van der Waals surface area contributed by atoms with Crippen molar-refractivity contribution in [1.82, 2.24) is 10.3 Å². The zero-order valence-electron chi connectivity index (χ0n) is 10.6. The smallest absolute Gasteiger partial charge is 0.349 e. The van der Waals surface area contributed by atoms with Crippen molar-refractivity contribution >= 4 is 5.91 Å². The Morgan fingerprint density at radius 2 is 2.05 bits per heavy atom. The van der Waals surface area contributed by atoms with E-state index in [0.717, 1.165) is 18.9 Å². The number of amides is 1. The number of alkyl halides is 3. The molecule has 0 aliphatic heterocycles. The summed E-state index contributed by atoms with van der Waals surface area (Å²) < 4.78 is 37.0. The van der Waals surface area contributed by atoms with Crippen LogP contribution in [0, 0.1) is 0 Å².